The maximum atomic E-state index is 12.9. The lowest BCUT2D eigenvalue weighted by atomic mass is 9.98. The summed E-state index contributed by atoms with van der Waals surface area (Å²) >= 11 is 4.00. The van der Waals surface area contributed by atoms with Crippen LogP contribution < -0.4 is 21.7 Å². The number of aryl methyl sites for hydroxylation is 3. The highest BCUT2D eigenvalue weighted by atomic mass is 32.1. The van der Waals surface area contributed by atoms with Crippen LogP contribution in [0.2, 0.25) is 0 Å². The summed E-state index contributed by atoms with van der Waals surface area (Å²) in [5, 5.41) is 16.8. The molecule has 0 unspecified atom stereocenters. The third-order valence-electron chi connectivity index (χ3n) is 12.2. The number of alkyl carbamates (subject to hydrolysis) is 1. The zero-order valence-electron chi connectivity index (χ0n) is 40.8. The van der Waals surface area contributed by atoms with Crippen molar-refractivity contribution in [3.8, 4) is 0 Å². The van der Waals surface area contributed by atoms with E-state index >= 15 is 0 Å². The van der Waals surface area contributed by atoms with E-state index in [9.17, 15) is 28.8 Å². The summed E-state index contributed by atoms with van der Waals surface area (Å²) in [6.07, 6.45) is 14.1. The number of carboxylic acids is 1. The van der Waals surface area contributed by atoms with E-state index in [1.165, 1.54) is 40.4 Å². The number of esters is 2. The van der Waals surface area contributed by atoms with Crippen LogP contribution in [-0.4, -0.2) is 93.3 Å². The summed E-state index contributed by atoms with van der Waals surface area (Å²) < 4.78 is 19.2. The molecule has 2 aliphatic rings. The van der Waals surface area contributed by atoms with Gasteiger partial charge in [-0.3, -0.25) is 29.3 Å². The van der Waals surface area contributed by atoms with E-state index in [0.717, 1.165) is 111 Å². The number of carbonyl (C=O) groups excluding carboxylic acids is 5. The number of rotatable bonds is 14. The molecule has 384 valence electrons. The van der Waals surface area contributed by atoms with Gasteiger partial charge in [-0.1, -0.05) is 43.2 Å². The summed E-state index contributed by atoms with van der Waals surface area (Å²) in [6.45, 7) is 5.91. The molecule has 3 amide bonds. The van der Waals surface area contributed by atoms with E-state index in [1.807, 2.05) is 69.3 Å². The van der Waals surface area contributed by atoms with E-state index in [1.54, 1.807) is 36.8 Å². The average molecular weight is 1050 g/mol. The molecule has 1 aromatic carbocycles. The van der Waals surface area contributed by atoms with E-state index in [0.29, 0.717) is 14.6 Å². The predicted molar refractivity (Wildman–Crippen MR) is 282 cm³/mol. The number of hydrogen-bond donors (Lipinski definition) is 5. The first-order chi connectivity index (χ1) is 35.2. The lowest BCUT2D eigenvalue weighted by molar-refractivity contribution is -0.153. The number of nitrogens with two attached hydrogens (primary N) is 1. The van der Waals surface area contributed by atoms with Crippen LogP contribution in [0.25, 0.3) is 30.6 Å². The minimum absolute atomic E-state index is 0.0281. The van der Waals surface area contributed by atoms with Gasteiger partial charge in [0.05, 0.1) is 40.4 Å². The molecule has 2 atom stereocenters. The van der Waals surface area contributed by atoms with Crippen molar-refractivity contribution in [3.63, 3.8) is 0 Å². The Morgan fingerprint density at radius 2 is 1.05 bits per heavy atom. The molecule has 0 bridgehead atoms. The van der Waals surface area contributed by atoms with Crippen LogP contribution in [0, 0.1) is 20.8 Å². The topological polar surface area (TPSA) is 251 Å². The summed E-state index contributed by atoms with van der Waals surface area (Å²) in [6, 6.07) is 18.1. The van der Waals surface area contributed by atoms with Crippen LogP contribution in [0.5, 0.6) is 0 Å². The number of aromatic carboxylic acids is 1. The van der Waals surface area contributed by atoms with Gasteiger partial charge in [-0.2, -0.15) is 0 Å². The van der Waals surface area contributed by atoms with Gasteiger partial charge in [-0.05, 0) is 131 Å². The van der Waals surface area contributed by atoms with Crippen molar-refractivity contribution < 1.29 is 48.1 Å². The van der Waals surface area contributed by atoms with Crippen LogP contribution in [0.3, 0.4) is 0 Å². The minimum atomic E-state index is -1.07. The van der Waals surface area contributed by atoms with Crippen molar-refractivity contribution >= 4 is 100 Å². The highest BCUT2D eigenvalue weighted by Crippen LogP contribution is 2.29. The first kappa shape index (κ1) is 53.9. The number of nitrogens with one attached hydrogen (secondary N) is 3. The van der Waals surface area contributed by atoms with Crippen molar-refractivity contribution in [1.29, 1.82) is 0 Å². The van der Waals surface area contributed by atoms with Gasteiger partial charge in [-0.15, -0.1) is 34.0 Å². The lowest BCUT2D eigenvalue weighted by Crippen LogP contribution is -2.50. The molecule has 7 aromatic rings. The molecule has 2 saturated carbocycles. The Hall–Kier alpha value is -6.87. The number of pyridine rings is 3. The largest absolute Gasteiger partial charge is 0.477 e. The van der Waals surface area contributed by atoms with Crippen molar-refractivity contribution in [2.45, 2.75) is 116 Å². The highest BCUT2D eigenvalue weighted by molar-refractivity contribution is 7.21. The van der Waals surface area contributed by atoms with E-state index in [4.69, 9.17) is 25.1 Å². The fourth-order valence-electron chi connectivity index (χ4n) is 8.14. The molecule has 0 spiro atoms. The van der Waals surface area contributed by atoms with Gasteiger partial charge in [0.2, 0.25) is 0 Å². The predicted octanol–water partition coefficient (Wildman–Crippen LogP) is 9.35. The Morgan fingerprint density at radius 3 is 1.52 bits per heavy atom. The number of benzene rings is 1. The number of ether oxygens (including phenoxy) is 3. The third-order valence-corrected chi connectivity index (χ3v) is 16.0. The second-order valence-corrected chi connectivity index (χ2v) is 21.0. The molecule has 2 fully saturated rings. The molecule has 0 aliphatic heterocycles. The molecule has 9 rings (SSSR count). The van der Waals surface area contributed by atoms with Gasteiger partial charge in [0.1, 0.15) is 35.8 Å². The normalized spacial score (nSPS) is 14.6. The summed E-state index contributed by atoms with van der Waals surface area (Å²) in [7, 11) is 0. The monoisotopic (exact) mass is 1050 g/mol. The molecule has 20 heteroatoms. The SMILES string of the molecule is Cc1ccnc2cc(C(=O)NC[C@@H](N)C(=O)OC3CCCCC3)sc12.Cc1ccnc2cc(C(=O)NC[C@@H](NC(=O)OCc3ccccc3)C(=O)OC3CCCCC3)sc12.Cc1ccnc2cc(C(=O)O)sc12. The maximum Gasteiger partial charge on any atom is 0.408 e. The smallest absolute Gasteiger partial charge is 0.408 e. The first-order valence-electron chi connectivity index (χ1n) is 24.2. The zero-order chi connectivity index (χ0) is 51.9. The Bertz CT molecular complexity index is 3040. The van der Waals surface area contributed by atoms with Crippen molar-refractivity contribution in [3.05, 3.63) is 122 Å². The Labute approximate surface area is 434 Å². The van der Waals surface area contributed by atoms with Gasteiger partial charge in [0.15, 0.2) is 0 Å². The third kappa shape index (κ3) is 15.3. The molecule has 6 aromatic heterocycles. The Balaban J connectivity index is 0.000000177. The first-order valence-corrected chi connectivity index (χ1v) is 26.7. The lowest BCUT2D eigenvalue weighted by Gasteiger charge is -2.25. The Kier molecular flexibility index (Phi) is 19.3. The van der Waals surface area contributed by atoms with Crippen LogP contribution in [0.4, 0.5) is 4.79 Å². The van der Waals surface area contributed by atoms with Gasteiger partial charge < -0.3 is 41.0 Å². The molecule has 0 radical (unpaired) electrons. The number of thiophene rings is 3. The summed E-state index contributed by atoms with van der Waals surface area (Å²) in [5.41, 5.74) is 12.2. The van der Waals surface area contributed by atoms with E-state index < -0.39 is 36.1 Å². The van der Waals surface area contributed by atoms with Crippen LogP contribution in [0.15, 0.2) is 85.3 Å². The standard InChI is InChI=1S/C26H29N3O5S.C18H23N3O3S.C9H7NO2S/c1-17-12-13-27-20-14-22(35-23(17)20)24(30)28-15-21(25(31)34-19-10-6-3-7-11-19)29-26(32)33-16-18-8-4-2-5-9-18;1-11-7-8-20-14-9-15(25-16(11)14)17(22)21-10-13(19)18(23)24-12-5-3-2-4-6-12;1-5-2-3-10-6-4-7(9(11)12)13-8(5)6/h2,4-5,8-9,12-14,19,21H,3,6-7,10-11,15-16H2,1H3,(H,28,30)(H,29,32);7-9,12-13H,2-6,10,19H2,1H3,(H,21,22);2-4H,1H3,(H,11,12)/t21-;13-;/m11./s1. The number of amides is 3. The molecular weight excluding hydrogens is 991 g/mol. The fraction of sp³-hybridized carbons (Fsp3) is 0.377. The molecule has 6 heterocycles. The van der Waals surface area contributed by atoms with Crippen LogP contribution in [-0.2, 0) is 30.4 Å². The fourth-order valence-corrected chi connectivity index (χ4v) is 11.1. The maximum absolute atomic E-state index is 12.9. The van der Waals surface area contributed by atoms with E-state index in [-0.39, 0.29) is 43.7 Å². The molecule has 17 nitrogen and oxygen atoms in total. The van der Waals surface area contributed by atoms with Crippen molar-refractivity contribution in [1.82, 2.24) is 30.9 Å². The number of nitrogens with zero attached hydrogens (tertiary/aromatic N) is 3. The molecule has 2 aliphatic carbocycles. The van der Waals surface area contributed by atoms with Crippen molar-refractivity contribution in [2.75, 3.05) is 13.1 Å². The summed E-state index contributed by atoms with van der Waals surface area (Å²) in [4.78, 5) is 87.2. The average Bonchev–Trinajstić information content (AvgIpc) is 4.17. The van der Waals surface area contributed by atoms with Gasteiger partial charge in [0.25, 0.3) is 11.8 Å². The van der Waals surface area contributed by atoms with Gasteiger partial charge in [-0.25, -0.2) is 14.4 Å². The number of carboxylic acid groups (broad SMARTS) is 1. The van der Waals surface area contributed by atoms with Gasteiger partial charge in [0, 0.05) is 31.7 Å². The molecule has 6 N–H and O–H groups in total. The number of fused-ring (bicyclic) bond motifs is 3. The van der Waals surface area contributed by atoms with Gasteiger partial charge >= 0.3 is 24.0 Å². The quantitative estimate of drug-likeness (QED) is 0.0503. The van der Waals surface area contributed by atoms with Crippen molar-refractivity contribution in [2.24, 2.45) is 5.73 Å². The number of aromatic nitrogens is 3. The molecule has 0 saturated heterocycles. The molecule has 73 heavy (non-hydrogen) atoms. The minimum Gasteiger partial charge on any atom is -0.477 e. The highest BCUT2D eigenvalue weighted by Gasteiger charge is 2.28. The van der Waals surface area contributed by atoms with Crippen LogP contribution in [0.1, 0.15) is 115 Å². The summed E-state index contributed by atoms with van der Waals surface area (Å²) in [5.74, 6) is -2.50. The Morgan fingerprint density at radius 1 is 0.616 bits per heavy atom. The second-order valence-electron chi connectivity index (χ2n) is 17.8. The number of carbonyl (C=O) groups is 6. The number of hydrogen-bond acceptors (Lipinski definition) is 16. The molecular formula is C53H59N7O10S3. The zero-order valence-corrected chi connectivity index (χ0v) is 43.3. The second kappa shape index (κ2) is 26.2. The van der Waals surface area contributed by atoms with Crippen LogP contribution >= 0.6 is 34.0 Å². The van der Waals surface area contributed by atoms with E-state index in [2.05, 4.69) is 30.9 Å².